The molecule has 0 unspecified atom stereocenters. The highest BCUT2D eigenvalue weighted by Crippen LogP contribution is 2.25. The molecule has 4 aromatic rings. The molecule has 1 saturated heterocycles. The second-order valence-electron chi connectivity index (χ2n) is 9.51. The number of anilines is 1. The number of aromatic nitrogens is 3. The highest BCUT2D eigenvalue weighted by molar-refractivity contribution is 5.93. The molecule has 3 heterocycles. The summed E-state index contributed by atoms with van der Waals surface area (Å²) in [7, 11) is 0. The summed E-state index contributed by atoms with van der Waals surface area (Å²) < 4.78 is 6.34. The Morgan fingerprint density at radius 2 is 1.54 bits per heavy atom. The van der Waals surface area contributed by atoms with Gasteiger partial charge in [-0.15, -0.1) is 0 Å². The van der Waals surface area contributed by atoms with Gasteiger partial charge in [-0.2, -0.15) is 0 Å². The molecule has 2 amide bonds. The zero-order valence-electron chi connectivity index (χ0n) is 21.6. The zero-order valence-corrected chi connectivity index (χ0v) is 21.6. The monoisotopic (exact) mass is 528 g/mol. The van der Waals surface area contributed by atoms with Gasteiger partial charge in [0.25, 0.3) is 0 Å². The summed E-state index contributed by atoms with van der Waals surface area (Å²) in [6.45, 7) is 4.15. The number of amides is 2. The van der Waals surface area contributed by atoms with Crippen LogP contribution in [0.15, 0.2) is 77.6 Å². The standard InChI is InChI=1S/C29H32N6O4/c36-25(31-24-12-11-23-28(32-24)33-29(38)30-23)13-14-26(37)35-17-15-34(16-18-35)19-20-39-27(21-7-3-1-4-8-21)22-9-5-2-6-10-22/h1-12,27H,13-20H2,(H3,30,31,32,33,36,38). The molecule has 10 heteroatoms. The van der Waals surface area contributed by atoms with Gasteiger partial charge in [0.05, 0.1) is 12.1 Å². The summed E-state index contributed by atoms with van der Waals surface area (Å²) in [5.41, 5.74) is 2.82. The summed E-state index contributed by atoms with van der Waals surface area (Å²) in [5, 5.41) is 2.69. The van der Waals surface area contributed by atoms with Crippen molar-refractivity contribution in [2.45, 2.75) is 18.9 Å². The summed E-state index contributed by atoms with van der Waals surface area (Å²) in [6, 6.07) is 23.7. The zero-order chi connectivity index (χ0) is 27.0. The Balaban J connectivity index is 1.04. The van der Waals surface area contributed by atoms with Crippen LogP contribution in [0.2, 0.25) is 0 Å². The van der Waals surface area contributed by atoms with E-state index in [1.165, 1.54) is 0 Å². The molecule has 2 aromatic carbocycles. The summed E-state index contributed by atoms with van der Waals surface area (Å²) in [5.74, 6) is -0.00398. The Bertz CT molecular complexity index is 1410. The van der Waals surface area contributed by atoms with Gasteiger partial charge in [-0.25, -0.2) is 9.78 Å². The number of fused-ring (bicyclic) bond motifs is 1. The molecule has 0 atom stereocenters. The highest BCUT2D eigenvalue weighted by Gasteiger charge is 2.22. The predicted octanol–water partition coefficient (Wildman–Crippen LogP) is 2.92. The van der Waals surface area contributed by atoms with E-state index < -0.39 is 0 Å². The van der Waals surface area contributed by atoms with Gasteiger partial charge in [0.15, 0.2) is 5.65 Å². The lowest BCUT2D eigenvalue weighted by Gasteiger charge is -2.35. The fourth-order valence-corrected chi connectivity index (χ4v) is 4.73. The van der Waals surface area contributed by atoms with E-state index in [1.807, 2.05) is 41.3 Å². The maximum Gasteiger partial charge on any atom is 0.325 e. The topological polar surface area (TPSA) is 123 Å². The molecule has 3 N–H and O–H groups in total. The average molecular weight is 529 g/mol. The smallest absolute Gasteiger partial charge is 0.325 e. The molecule has 0 spiro atoms. The second-order valence-corrected chi connectivity index (χ2v) is 9.51. The Kier molecular flexibility index (Phi) is 8.45. The van der Waals surface area contributed by atoms with Crippen molar-refractivity contribution < 1.29 is 14.3 Å². The normalized spacial score (nSPS) is 14.1. The fraction of sp³-hybridized carbons (Fsp3) is 0.310. The van der Waals surface area contributed by atoms with Crippen LogP contribution < -0.4 is 11.0 Å². The number of carbonyl (C=O) groups excluding carboxylic acids is 2. The van der Waals surface area contributed by atoms with Crippen molar-refractivity contribution in [3.05, 3.63) is 94.4 Å². The molecule has 0 saturated carbocycles. The quantitative estimate of drug-likeness (QED) is 0.291. The molecule has 202 valence electrons. The van der Waals surface area contributed by atoms with Gasteiger partial charge in [-0.05, 0) is 23.3 Å². The number of nitrogens with one attached hydrogen (secondary N) is 3. The van der Waals surface area contributed by atoms with Crippen LogP contribution in [0.4, 0.5) is 5.82 Å². The lowest BCUT2D eigenvalue weighted by atomic mass is 10.0. The molecular formula is C29H32N6O4. The number of pyridine rings is 1. The van der Waals surface area contributed by atoms with E-state index in [0.29, 0.717) is 36.7 Å². The number of piperazine rings is 1. The van der Waals surface area contributed by atoms with E-state index in [2.05, 4.69) is 49.4 Å². The van der Waals surface area contributed by atoms with Gasteiger partial charge in [0, 0.05) is 45.6 Å². The van der Waals surface area contributed by atoms with Crippen molar-refractivity contribution in [2.75, 3.05) is 44.6 Å². The molecule has 1 aliphatic heterocycles. The Morgan fingerprint density at radius 3 is 2.21 bits per heavy atom. The van der Waals surface area contributed by atoms with Crippen LogP contribution >= 0.6 is 0 Å². The fourth-order valence-electron chi connectivity index (χ4n) is 4.73. The SMILES string of the molecule is O=C(CCC(=O)N1CCN(CCOC(c2ccccc2)c2ccccc2)CC1)Nc1ccc2[nH]c(=O)[nH]c2n1. The first-order valence-electron chi connectivity index (χ1n) is 13.2. The minimum absolute atomic E-state index is 0.0346. The number of hydrogen-bond donors (Lipinski definition) is 3. The molecule has 39 heavy (non-hydrogen) atoms. The predicted molar refractivity (Wildman–Crippen MR) is 148 cm³/mol. The molecule has 10 nitrogen and oxygen atoms in total. The van der Waals surface area contributed by atoms with Crippen molar-refractivity contribution in [1.82, 2.24) is 24.8 Å². The second kappa shape index (κ2) is 12.5. The Morgan fingerprint density at radius 1 is 0.872 bits per heavy atom. The van der Waals surface area contributed by atoms with Crippen LogP contribution in [0.1, 0.15) is 30.1 Å². The van der Waals surface area contributed by atoms with Crippen LogP contribution in [0, 0.1) is 0 Å². The maximum absolute atomic E-state index is 12.7. The van der Waals surface area contributed by atoms with Crippen LogP contribution in [0.25, 0.3) is 11.2 Å². The van der Waals surface area contributed by atoms with Crippen LogP contribution in [-0.2, 0) is 14.3 Å². The number of rotatable bonds is 10. The molecular weight excluding hydrogens is 496 g/mol. The van der Waals surface area contributed by atoms with Crippen molar-refractivity contribution in [1.29, 1.82) is 0 Å². The average Bonchev–Trinajstić information content (AvgIpc) is 3.34. The van der Waals surface area contributed by atoms with Crippen molar-refractivity contribution in [2.24, 2.45) is 0 Å². The Labute approximate surface area is 226 Å². The summed E-state index contributed by atoms with van der Waals surface area (Å²) in [4.78, 5) is 49.9. The molecule has 0 aliphatic carbocycles. The van der Waals surface area contributed by atoms with E-state index in [4.69, 9.17) is 4.74 Å². The number of benzene rings is 2. The van der Waals surface area contributed by atoms with Gasteiger partial charge < -0.3 is 19.9 Å². The number of carbonyl (C=O) groups is 2. The molecule has 0 radical (unpaired) electrons. The Hall–Kier alpha value is -4.28. The molecule has 5 rings (SSSR count). The summed E-state index contributed by atoms with van der Waals surface area (Å²) >= 11 is 0. The third-order valence-corrected chi connectivity index (χ3v) is 6.83. The lowest BCUT2D eigenvalue weighted by molar-refractivity contribution is -0.134. The molecule has 2 aromatic heterocycles. The van der Waals surface area contributed by atoms with E-state index in [1.54, 1.807) is 12.1 Å². The van der Waals surface area contributed by atoms with Gasteiger partial charge in [0.1, 0.15) is 11.9 Å². The largest absolute Gasteiger partial charge is 0.367 e. The third kappa shape index (κ3) is 6.98. The third-order valence-electron chi connectivity index (χ3n) is 6.83. The number of ether oxygens (including phenoxy) is 1. The van der Waals surface area contributed by atoms with E-state index >= 15 is 0 Å². The molecule has 1 fully saturated rings. The van der Waals surface area contributed by atoms with E-state index in [9.17, 15) is 14.4 Å². The molecule has 1 aliphatic rings. The number of imidazole rings is 1. The van der Waals surface area contributed by atoms with Crippen molar-refractivity contribution in [3.8, 4) is 0 Å². The van der Waals surface area contributed by atoms with Gasteiger partial charge in [-0.3, -0.25) is 19.5 Å². The maximum atomic E-state index is 12.7. The minimum atomic E-state index is -0.359. The van der Waals surface area contributed by atoms with Crippen LogP contribution in [0.3, 0.4) is 0 Å². The molecule has 0 bridgehead atoms. The van der Waals surface area contributed by atoms with Gasteiger partial charge >= 0.3 is 5.69 Å². The van der Waals surface area contributed by atoms with Crippen molar-refractivity contribution in [3.63, 3.8) is 0 Å². The minimum Gasteiger partial charge on any atom is -0.367 e. The highest BCUT2D eigenvalue weighted by atomic mass is 16.5. The van der Waals surface area contributed by atoms with Crippen LogP contribution in [0.5, 0.6) is 0 Å². The first kappa shape index (κ1) is 26.3. The number of aromatic amines is 2. The first-order chi connectivity index (χ1) is 19.0. The number of H-pyrrole nitrogens is 2. The van der Waals surface area contributed by atoms with E-state index in [0.717, 1.165) is 30.8 Å². The lowest BCUT2D eigenvalue weighted by Crippen LogP contribution is -2.49. The summed E-state index contributed by atoms with van der Waals surface area (Å²) in [6.07, 6.45) is 0.0776. The van der Waals surface area contributed by atoms with Crippen LogP contribution in [-0.4, -0.2) is 75.9 Å². The first-order valence-corrected chi connectivity index (χ1v) is 13.2. The number of hydrogen-bond acceptors (Lipinski definition) is 6. The van der Waals surface area contributed by atoms with Gasteiger partial charge in [-0.1, -0.05) is 60.7 Å². The van der Waals surface area contributed by atoms with Gasteiger partial charge in [0.2, 0.25) is 11.8 Å². The van der Waals surface area contributed by atoms with E-state index in [-0.39, 0.29) is 36.4 Å². The van der Waals surface area contributed by atoms with Crippen molar-refractivity contribution >= 4 is 28.8 Å². The number of nitrogens with zero attached hydrogens (tertiary/aromatic N) is 3.